The highest BCUT2D eigenvalue weighted by molar-refractivity contribution is 5.28. The molecule has 16 heavy (non-hydrogen) atoms. The van der Waals surface area contributed by atoms with Crippen LogP contribution in [0.15, 0.2) is 12.3 Å². The van der Waals surface area contributed by atoms with Gasteiger partial charge >= 0.3 is 0 Å². The maximum atomic E-state index is 6.16. The van der Waals surface area contributed by atoms with Gasteiger partial charge < -0.3 is 10.3 Å². The van der Waals surface area contributed by atoms with E-state index in [4.69, 9.17) is 5.73 Å². The number of fused-ring (bicyclic) bond motifs is 1. The summed E-state index contributed by atoms with van der Waals surface area (Å²) in [7, 11) is 0. The Balaban J connectivity index is 1.86. The van der Waals surface area contributed by atoms with Crippen LogP contribution in [0.25, 0.3) is 0 Å². The van der Waals surface area contributed by atoms with Crippen LogP contribution in [-0.2, 0) is 13.0 Å². The molecule has 0 spiro atoms. The van der Waals surface area contributed by atoms with Crippen LogP contribution < -0.4 is 5.73 Å². The Morgan fingerprint density at radius 1 is 1.50 bits per heavy atom. The minimum Gasteiger partial charge on any atom is -0.351 e. The zero-order chi connectivity index (χ0) is 11.2. The second-order valence-corrected chi connectivity index (χ2v) is 5.70. The molecule has 1 heterocycles. The van der Waals surface area contributed by atoms with Gasteiger partial charge in [-0.25, -0.2) is 0 Å². The van der Waals surface area contributed by atoms with Crippen LogP contribution in [0, 0.1) is 5.41 Å². The van der Waals surface area contributed by atoms with Gasteiger partial charge in [0, 0.05) is 24.5 Å². The number of hydrogen-bond donors (Lipinski definition) is 1. The molecule has 2 heteroatoms. The summed E-state index contributed by atoms with van der Waals surface area (Å²) in [5, 5.41) is 0. The van der Waals surface area contributed by atoms with Crippen molar-refractivity contribution in [1.29, 1.82) is 0 Å². The van der Waals surface area contributed by atoms with Crippen LogP contribution in [0.3, 0.4) is 0 Å². The summed E-state index contributed by atoms with van der Waals surface area (Å²) < 4.78 is 2.49. The third-order valence-corrected chi connectivity index (χ3v) is 4.66. The molecule has 1 saturated carbocycles. The predicted molar refractivity (Wildman–Crippen MR) is 66.3 cm³/mol. The second kappa shape index (κ2) is 3.63. The number of hydrogen-bond acceptors (Lipinski definition) is 1. The predicted octanol–water partition coefficient (Wildman–Crippen LogP) is 3.01. The normalized spacial score (nSPS) is 26.5. The minimum atomic E-state index is 0.293. The molecule has 0 radical (unpaired) electrons. The van der Waals surface area contributed by atoms with E-state index in [1.807, 2.05) is 0 Å². The molecule has 1 aromatic rings. The highest BCUT2D eigenvalue weighted by Crippen LogP contribution is 2.50. The minimum absolute atomic E-state index is 0.293. The number of aromatic nitrogens is 1. The maximum absolute atomic E-state index is 6.16. The number of rotatable bonds is 3. The lowest BCUT2D eigenvalue weighted by atomic mass is 9.93. The van der Waals surface area contributed by atoms with Gasteiger partial charge in [-0.15, -0.1) is 0 Å². The van der Waals surface area contributed by atoms with Crippen LogP contribution in [0.1, 0.15) is 56.3 Å². The van der Waals surface area contributed by atoms with Crippen molar-refractivity contribution in [2.24, 2.45) is 11.1 Å². The zero-order valence-electron chi connectivity index (χ0n) is 10.2. The first-order valence-electron chi connectivity index (χ1n) is 6.68. The molecule has 1 atom stereocenters. The lowest BCUT2D eigenvalue weighted by Crippen LogP contribution is -2.20. The molecular formula is C14H22N2. The summed E-state index contributed by atoms with van der Waals surface area (Å²) in [6.07, 6.45) is 10.1. The molecular weight excluding hydrogens is 196 g/mol. The molecule has 2 N–H and O–H groups in total. The summed E-state index contributed by atoms with van der Waals surface area (Å²) in [5.74, 6) is 0. The average Bonchev–Trinajstić information content (AvgIpc) is 2.95. The van der Waals surface area contributed by atoms with E-state index in [0.29, 0.717) is 11.5 Å². The average molecular weight is 218 g/mol. The Morgan fingerprint density at radius 3 is 3.00 bits per heavy atom. The first-order valence-corrected chi connectivity index (χ1v) is 6.68. The largest absolute Gasteiger partial charge is 0.351 e. The van der Waals surface area contributed by atoms with E-state index in [0.717, 1.165) is 6.42 Å². The van der Waals surface area contributed by atoms with Crippen molar-refractivity contribution in [1.82, 2.24) is 4.57 Å². The smallest absolute Gasteiger partial charge is 0.0312 e. The molecule has 0 amide bonds. The van der Waals surface area contributed by atoms with Crippen LogP contribution in [0.5, 0.6) is 0 Å². The fourth-order valence-electron chi connectivity index (χ4n) is 3.10. The van der Waals surface area contributed by atoms with Crippen LogP contribution in [0.4, 0.5) is 0 Å². The Labute approximate surface area is 97.8 Å². The van der Waals surface area contributed by atoms with Gasteiger partial charge in [-0.3, -0.25) is 0 Å². The first kappa shape index (κ1) is 10.4. The molecule has 88 valence electrons. The zero-order valence-corrected chi connectivity index (χ0v) is 10.2. The van der Waals surface area contributed by atoms with Gasteiger partial charge in [-0.2, -0.15) is 0 Å². The van der Waals surface area contributed by atoms with Crippen molar-refractivity contribution >= 4 is 0 Å². The quantitative estimate of drug-likeness (QED) is 0.830. The molecule has 2 aliphatic carbocycles. The van der Waals surface area contributed by atoms with Crippen LogP contribution >= 0.6 is 0 Å². The van der Waals surface area contributed by atoms with Crippen molar-refractivity contribution in [3.63, 3.8) is 0 Å². The van der Waals surface area contributed by atoms with Gasteiger partial charge in [0.25, 0.3) is 0 Å². The second-order valence-electron chi connectivity index (χ2n) is 5.70. The first-order chi connectivity index (χ1) is 7.74. The molecule has 2 nitrogen and oxygen atoms in total. The molecule has 1 unspecified atom stereocenters. The molecule has 3 rings (SSSR count). The fraction of sp³-hybridized carbons (Fsp3) is 0.714. The molecule has 2 aliphatic rings. The third-order valence-electron chi connectivity index (χ3n) is 4.66. The molecule has 0 saturated heterocycles. The third kappa shape index (κ3) is 1.60. The van der Waals surface area contributed by atoms with E-state index in [9.17, 15) is 0 Å². The Morgan fingerprint density at radius 2 is 2.31 bits per heavy atom. The topological polar surface area (TPSA) is 30.9 Å². The standard InChI is InChI=1S/C14H22N2/c1-2-14(7-8-14)10-16-9-6-11-12(15)4-3-5-13(11)16/h6,9,12H,2-5,7-8,10,15H2,1H3. The number of nitrogens with two attached hydrogens (primary N) is 1. The lowest BCUT2D eigenvalue weighted by Gasteiger charge is -2.23. The van der Waals surface area contributed by atoms with Crippen molar-refractivity contribution in [3.8, 4) is 0 Å². The van der Waals surface area contributed by atoms with E-state index in [-0.39, 0.29) is 0 Å². The van der Waals surface area contributed by atoms with Gasteiger partial charge in [0.15, 0.2) is 0 Å². The Kier molecular flexibility index (Phi) is 2.36. The van der Waals surface area contributed by atoms with Crippen molar-refractivity contribution in [2.75, 3.05) is 0 Å². The van der Waals surface area contributed by atoms with E-state index < -0.39 is 0 Å². The maximum Gasteiger partial charge on any atom is 0.0312 e. The van der Waals surface area contributed by atoms with Gasteiger partial charge in [-0.05, 0) is 55.6 Å². The van der Waals surface area contributed by atoms with E-state index in [1.54, 1.807) is 0 Å². The van der Waals surface area contributed by atoms with Gasteiger partial charge in [0.1, 0.15) is 0 Å². The monoisotopic (exact) mass is 218 g/mol. The molecule has 1 fully saturated rings. The highest BCUT2D eigenvalue weighted by Gasteiger charge is 2.41. The Bertz CT molecular complexity index is 387. The summed E-state index contributed by atoms with van der Waals surface area (Å²) in [6, 6.07) is 2.55. The summed E-state index contributed by atoms with van der Waals surface area (Å²) in [4.78, 5) is 0. The van der Waals surface area contributed by atoms with E-state index >= 15 is 0 Å². The number of nitrogens with zero attached hydrogens (tertiary/aromatic N) is 1. The van der Waals surface area contributed by atoms with E-state index in [1.165, 1.54) is 49.9 Å². The summed E-state index contributed by atoms with van der Waals surface area (Å²) in [5.41, 5.74) is 9.73. The molecule has 1 aromatic heterocycles. The van der Waals surface area contributed by atoms with E-state index in [2.05, 4.69) is 23.8 Å². The fourth-order valence-corrected chi connectivity index (χ4v) is 3.10. The van der Waals surface area contributed by atoms with Gasteiger partial charge in [0.05, 0.1) is 0 Å². The summed E-state index contributed by atoms with van der Waals surface area (Å²) >= 11 is 0. The van der Waals surface area contributed by atoms with Crippen molar-refractivity contribution < 1.29 is 0 Å². The van der Waals surface area contributed by atoms with Crippen LogP contribution in [0.2, 0.25) is 0 Å². The lowest BCUT2D eigenvalue weighted by molar-refractivity contribution is 0.397. The molecule has 0 aromatic carbocycles. The SMILES string of the molecule is CCC1(Cn2ccc3c2CCCC3N)CC1. The molecule has 0 aliphatic heterocycles. The van der Waals surface area contributed by atoms with Gasteiger partial charge in [0.2, 0.25) is 0 Å². The van der Waals surface area contributed by atoms with Crippen LogP contribution in [-0.4, -0.2) is 4.57 Å². The Hall–Kier alpha value is -0.760. The summed E-state index contributed by atoms with van der Waals surface area (Å²) in [6.45, 7) is 3.56. The van der Waals surface area contributed by atoms with Crippen molar-refractivity contribution in [3.05, 3.63) is 23.5 Å². The highest BCUT2D eigenvalue weighted by atomic mass is 15.0. The van der Waals surface area contributed by atoms with Gasteiger partial charge in [-0.1, -0.05) is 6.92 Å². The molecule has 0 bridgehead atoms. The van der Waals surface area contributed by atoms with Crippen molar-refractivity contribution in [2.45, 2.75) is 58.0 Å².